The van der Waals surface area contributed by atoms with Gasteiger partial charge in [-0.1, -0.05) is 5.16 Å². The van der Waals surface area contributed by atoms with E-state index in [9.17, 15) is 9.59 Å². The van der Waals surface area contributed by atoms with Crippen LogP contribution >= 0.6 is 0 Å². The minimum Gasteiger partial charge on any atom is -0.489 e. The number of nitrogens with one attached hydrogen (secondary N) is 1. The van der Waals surface area contributed by atoms with Crippen LogP contribution in [0.4, 0.5) is 5.69 Å². The topological polar surface area (TPSA) is 81.4 Å². The average Bonchev–Trinajstić information content (AvgIpc) is 2.98. The third-order valence-corrected chi connectivity index (χ3v) is 4.23. The predicted octanol–water partition coefficient (Wildman–Crippen LogP) is 4.33. The molecule has 0 saturated carbocycles. The smallest absolute Gasteiger partial charge is 0.255 e. The Morgan fingerprint density at radius 1 is 1.00 bits per heavy atom. The van der Waals surface area contributed by atoms with Crippen molar-refractivity contribution in [3.05, 3.63) is 76.7 Å². The molecule has 1 amide bonds. The zero-order valence-corrected chi connectivity index (χ0v) is 15.4. The number of carbonyl (C=O) groups is 2. The second-order valence-electron chi connectivity index (χ2n) is 6.20. The molecule has 3 aromatic rings. The molecule has 138 valence electrons. The van der Waals surface area contributed by atoms with E-state index in [1.165, 1.54) is 6.92 Å². The normalized spacial score (nSPS) is 10.5. The predicted molar refractivity (Wildman–Crippen MR) is 101 cm³/mol. The van der Waals surface area contributed by atoms with Gasteiger partial charge in [0.25, 0.3) is 5.91 Å². The van der Waals surface area contributed by atoms with Gasteiger partial charge in [-0.25, -0.2) is 0 Å². The summed E-state index contributed by atoms with van der Waals surface area (Å²) in [7, 11) is 0. The van der Waals surface area contributed by atoms with Crippen molar-refractivity contribution in [1.82, 2.24) is 5.16 Å². The van der Waals surface area contributed by atoms with Gasteiger partial charge in [-0.3, -0.25) is 9.59 Å². The van der Waals surface area contributed by atoms with Crippen LogP contribution in [0, 0.1) is 13.8 Å². The molecule has 2 aromatic carbocycles. The Hall–Kier alpha value is -3.41. The summed E-state index contributed by atoms with van der Waals surface area (Å²) in [5.41, 5.74) is 3.47. The van der Waals surface area contributed by atoms with Gasteiger partial charge in [-0.2, -0.15) is 0 Å². The number of hydrogen-bond acceptors (Lipinski definition) is 5. The van der Waals surface area contributed by atoms with E-state index in [-0.39, 0.29) is 11.7 Å². The first-order valence-corrected chi connectivity index (χ1v) is 8.51. The Balaban J connectivity index is 1.60. The molecule has 0 unspecified atom stereocenters. The summed E-state index contributed by atoms with van der Waals surface area (Å²) in [5.74, 6) is 1.14. The first kappa shape index (κ1) is 18.4. The van der Waals surface area contributed by atoms with Gasteiger partial charge < -0.3 is 14.6 Å². The monoisotopic (exact) mass is 364 g/mol. The van der Waals surface area contributed by atoms with Crippen LogP contribution in [-0.2, 0) is 6.61 Å². The van der Waals surface area contributed by atoms with E-state index >= 15 is 0 Å². The third-order valence-electron chi connectivity index (χ3n) is 4.23. The molecule has 1 N–H and O–H groups in total. The Kier molecular flexibility index (Phi) is 5.35. The second-order valence-corrected chi connectivity index (χ2v) is 6.20. The van der Waals surface area contributed by atoms with Crippen molar-refractivity contribution < 1.29 is 18.8 Å². The highest BCUT2D eigenvalue weighted by molar-refractivity contribution is 6.04. The van der Waals surface area contributed by atoms with Crippen molar-refractivity contribution in [2.75, 3.05) is 5.32 Å². The second kappa shape index (κ2) is 7.86. The zero-order valence-electron chi connectivity index (χ0n) is 15.4. The summed E-state index contributed by atoms with van der Waals surface area (Å²) in [6.07, 6.45) is 0. The van der Waals surface area contributed by atoms with Crippen LogP contribution in [0.15, 0.2) is 53.1 Å². The number of Topliss-reactive ketones (excluding diaryl/α,β-unsaturated/α-hetero) is 1. The van der Waals surface area contributed by atoms with Crippen LogP contribution in [0.25, 0.3) is 0 Å². The molecule has 27 heavy (non-hydrogen) atoms. The molecule has 0 bridgehead atoms. The molecule has 0 aliphatic heterocycles. The van der Waals surface area contributed by atoms with Crippen LogP contribution < -0.4 is 10.1 Å². The standard InChI is InChI=1S/C21H20N2O4/c1-13-20(15(3)27-23-13)12-26-19-10-6-17(7-11-19)21(25)22-18-8-4-16(5-9-18)14(2)24/h4-11H,12H2,1-3H3,(H,22,25). The number of ketones is 1. The maximum atomic E-state index is 12.3. The Labute approximate surface area is 157 Å². The molecule has 0 radical (unpaired) electrons. The Bertz CT molecular complexity index is 937. The van der Waals surface area contributed by atoms with Crippen LogP contribution in [0.1, 0.15) is 44.7 Å². The molecule has 6 heteroatoms. The van der Waals surface area contributed by atoms with Gasteiger partial charge in [-0.15, -0.1) is 0 Å². The van der Waals surface area contributed by atoms with E-state index in [2.05, 4.69) is 10.5 Å². The van der Waals surface area contributed by atoms with Gasteiger partial charge in [0.05, 0.1) is 11.3 Å². The summed E-state index contributed by atoms with van der Waals surface area (Å²) >= 11 is 0. The van der Waals surface area contributed by atoms with Crippen LogP contribution in [-0.4, -0.2) is 16.8 Å². The van der Waals surface area contributed by atoms with Crippen molar-refractivity contribution in [3.63, 3.8) is 0 Å². The van der Waals surface area contributed by atoms with Gasteiger partial charge in [0.2, 0.25) is 0 Å². The van der Waals surface area contributed by atoms with Gasteiger partial charge in [0.1, 0.15) is 18.1 Å². The van der Waals surface area contributed by atoms with E-state index < -0.39 is 0 Å². The van der Waals surface area contributed by atoms with E-state index in [0.29, 0.717) is 29.2 Å². The van der Waals surface area contributed by atoms with Crippen molar-refractivity contribution in [3.8, 4) is 5.75 Å². The van der Waals surface area contributed by atoms with Gasteiger partial charge in [-0.05, 0) is 69.3 Å². The summed E-state index contributed by atoms with van der Waals surface area (Å²) in [5, 5.41) is 6.70. The number of benzene rings is 2. The molecule has 0 saturated heterocycles. The van der Waals surface area contributed by atoms with Crippen LogP contribution in [0.5, 0.6) is 5.75 Å². The van der Waals surface area contributed by atoms with Crippen molar-refractivity contribution in [2.24, 2.45) is 0 Å². The summed E-state index contributed by atoms with van der Waals surface area (Å²) in [6, 6.07) is 13.7. The first-order valence-electron chi connectivity index (χ1n) is 8.51. The van der Waals surface area contributed by atoms with Gasteiger partial charge in [0, 0.05) is 16.8 Å². The molecule has 6 nitrogen and oxygen atoms in total. The molecular weight excluding hydrogens is 344 g/mol. The molecule has 0 atom stereocenters. The number of rotatable bonds is 6. The Morgan fingerprint density at radius 2 is 1.63 bits per heavy atom. The lowest BCUT2D eigenvalue weighted by Gasteiger charge is -2.08. The fraction of sp³-hybridized carbons (Fsp3) is 0.190. The molecule has 1 heterocycles. The van der Waals surface area contributed by atoms with Crippen molar-refractivity contribution >= 4 is 17.4 Å². The van der Waals surface area contributed by atoms with Crippen molar-refractivity contribution in [1.29, 1.82) is 0 Å². The highest BCUT2D eigenvalue weighted by Gasteiger charge is 2.10. The zero-order chi connectivity index (χ0) is 19.4. The largest absolute Gasteiger partial charge is 0.489 e. The van der Waals surface area contributed by atoms with Crippen LogP contribution in [0.2, 0.25) is 0 Å². The number of nitrogens with zero attached hydrogens (tertiary/aromatic N) is 1. The molecule has 3 rings (SSSR count). The maximum Gasteiger partial charge on any atom is 0.255 e. The van der Waals surface area contributed by atoms with Crippen molar-refractivity contribution in [2.45, 2.75) is 27.4 Å². The number of anilines is 1. The lowest BCUT2D eigenvalue weighted by Crippen LogP contribution is -2.11. The highest BCUT2D eigenvalue weighted by Crippen LogP contribution is 2.19. The number of aromatic nitrogens is 1. The number of carbonyl (C=O) groups excluding carboxylic acids is 2. The SMILES string of the molecule is CC(=O)c1ccc(NC(=O)c2ccc(OCc3c(C)noc3C)cc2)cc1. The maximum absolute atomic E-state index is 12.3. The average molecular weight is 364 g/mol. The molecular formula is C21H20N2O4. The third kappa shape index (κ3) is 4.41. The number of amides is 1. The fourth-order valence-electron chi connectivity index (χ4n) is 2.56. The summed E-state index contributed by atoms with van der Waals surface area (Å²) in [4.78, 5) is 23.6. The van der Waals surface area contributed by atoms with Crippen LogP contribution in [0.3, 0.4) is 0 Å². The lowest BCUT2D eigenvalue weighted by molar-refractivity contribution is 0.101. The van der Waals surface area contributed by atoms with E-state index in [1.807, 2.05) is 13.8 Å². The highest BCUT2D eigenvalue weighted by atomic mass is 16.5. The van der Waals surface area contributed by atoms with E-state index in [4.69, 9.17) is 9.26 Å². The minimum atomic E-state index is -0.233. The molecule has 0 aliphatic rings. The number of ether oxygens (including phenoxy) is 1. The van der Waals surface area contributed by atoms with Gasteiger partial charge >= 0.3 is 0 Å². The molecule has 0 spiro atoms. The number of aryl methyl sites for hydroxylation is 2. The van der Waals surface area contributed by atoms with E-state index in [0.717, 1.165) is 17.0 Å². The summed E-state index contributed by atoms with van der Waals surface area (Å²) < 4.78 is 10.8. The van der Waals surface area contributed by atoms with Gasteiger partial charge in [0.15, 0.2) is 5.78 Å². The fourth-order valence-corrected chi connectivity index (χ4v) is 2.56. The molecule has 0 aliphatic carbocycles. The first-order chi connectivity index (χ1) is 12.9. The molecule has 0 fully saturated rings. The number of hydrogen-bond donors (Lipinski definition) is 1. The van der Waals surface area contributed by atoms with E-state index in [1.54, 1.807) is 48.5 Å². The Morgan fingerprint density at radius 3 is 2.19 bits per heavy atom. The molecule has 1 aromatic heterocycles. The lowest BCUT2D eigenvalue weighted by atomic mass is 10.1. The minimum absolute atomic E-state index is 0.0138. The quantitative estimate of drug-likeness (QED) is 0.659. The summed E-state index contributed by atoms with van der Waals surface area (Å²) in [6.45, 7) is 5.57.